The minimum absolute atomic E-state index is 0.0726. The highest BCUT2D eigenvalue weighted by molar-refractivity contribution is 6.32. The van der Waals surface area contributed by atoms with Crippen LogP contribution in [0.2, 0.25) is 0 Å². The average molecular weight is 1250 g/mol. The van der Waals surface area contributed by atoms with E-state index < -0.39 is 35.8 Å². The molecule has 8 heterocycles. The number of H-pyrrole nitrogens is 4. The fraction of sp³-hybridized carbons (Fsp3) is 0.352. The number of rotatable bonds is 25. The topological polar surface area (TPSA) is 295 Å². The molecule has 8 rings (SSSR count). The second-order valence-electron chi connectivity index (χ2n) is 23.2. The van der Waals surface area contributed by atoms with Gasteiger partial charge in [0.15, 0.2) is 0 Å². The molecule has 21 nitrogen and oxygen atoms in total. The average Bonchev–Trinajstić information content (AvgIpc) is 1.65. The van der Waals surface area contributed by atoms with Crippen molar-refractivity contribution in [3.63, 3.8) is 0 Å². The van der Waals surface area contributed by atoms with Crippen molar-refractivity contribution >= 4 is 95.4 Å². The lowest BCUT2D eigenvalue weighted by Crippen LogP contribution is -2.24. The van der Waals surface area contributed by atoms with E-state index in [1.807, 2.05) is 71.9 Å². The molecule has 4 aromatic heterocycles. The Hall–Kier alpha value is -10.0. The highest BCUT2D eigenvalue weighted by atomic mass is 16.5. The number of amides is 4. The van der Waals surface area contributed by atoms with Crippen molar-refractivity contribution in [2.75, 3.05) is 35.5 Å². The maximum atomic E-state index is 14.1. The number of hydrogen-bond acceptors (Lipinski definition) is 13. The maximum Gasteiger partial charge on any atom is 0.305 e. The molecule has 0 fully saturated rings. The number of carbonyl (C=O) groups excluding carboxylic acids is 8. The van der Waals surface area contributed by atoms with E-state index in [0.717, 1.165) is 44.5 Å². The molecule has 0 aromatic carbocycles. The second kappa shape index (κ2) is 28.9. The molecule has 4 aliphatic rings. The summed E-state index contributed by atoms with van der Waals surface area (Å²) in [5.74, 6) is -3.39. The lowest BCUT2D eigenvalue weighted by Gasteiger charge is -2.21. The van der Waals surface area contributed by atoms with Crippen LogP contribution in [0.5, 0.6) is 0 Å². The van der Waals surface area contributed by atoms with Crippen molar-refractivity contribution in [3.05, 3.63) is 170 Å². The van der Waals surface area contributed by atoms with Gasteiger partial charge in [-0.2, -0.15) is 0 Å². The van der Waals surface area contributed by atoms with E-state index in [2.05, 4.69) is 53.7 Å². The van der Waals surface area contributed by atoms with Gasteiger partial charge in [0.2, 0.25) is 0 Å². The lowest BCUT2D eigenvalue weighted by molar-refractivity contribution is -0.141. The Balaban J connectivity index is 1.13. The first-order chi connectivity index (χ1) is 43.8. The molecule has 0 unspecified atom stereocenters. The molecule has 0 saturated carbocycles. The fourth-order valence-corrected chi connectivity index (χ4v) is 12.3. The van der Waals surface area contributed by atoms with E-state index >= 15 is 0 Å². The SMILES string of the molecule is C=CC1=C(C)C(=O)N/C1=C\c1[nH]c(/C=c2\[nH]/c(=C\C3=NC(=O)C([C@@H](C)C[C@@H](OC)C4=C(C)C(/C=c5/[nH]/c(=C\c6[nH]c(/C=C7\NC(=O)C(C)=C7C=C)c(C)c6CCC(=O)OC)c(CCC(=O)OC)c5C)=NC4=O)=C3C)c(C)c2CCC(=O)OC)c(CCC(=O)OC)c1C. The number of allylic oxidation sites excluding steroid dienone is 4. The summed E-state index contributed by atoms with van der Waals surface area (Å²) in [7, 11) is 6.85. The van der Waals surface area contributed by atoms with Crippen LogP contribution in [0.25, 0.3) is 36.5 Å². The normalized spacial score (nSPS) is 17.5. The summed E-state index contributed by atoms with van der Waals surface area (Å²) in [6.07, 6.45) is 15.4. The van der Waals surface area contributed by atoms with Gasteiger partial charge < -0.3 is 54.3 Å². The Morgan fingerprint density at radius 1 is 0.446 bits per heavy atom. The van der Waals surface area contributed by atoms with Crippen molar-refractivity contribution in [2.45, 2.75) is 126 Å². The third-order valence-electron chi connectivity index (χ3n) is 17.9. The number of nitrogens with zero attached hydrogens (tertiary/aromatic N) is 2. The molecule has 482 valence electrons. The molecule has 4 amide bonds. The molecule has 21 heteroatoms. The Morgan fingerprint density at radius 2 is 0.804 bits per heavy atom. The van der Waals surface area contributed by atoms with Gasteiger partial charge in [-0.1, -0.05) is 32.2 Å². The van der Waals surface area contributed by atoms with Crippen LogP contribution in [0.3, 0.4) is 0 Å². The molecule has 4 aliphatic heterocycles. The predicted octanol–water partition coefficient (Wildman–Crippen LogP) is 6.16. The number of carbonyl (C=O) groups is 8. The van der Waals surface area contributed by atoms with Gasteiger partial charge in [-0.25, -0.2) is 9.98 Å². The van der Waals surface area contributed by atoms with Crippen LogP contribution in [0, 0.1) is 33.6 Å². The Bertz CT molecular complexity index is 4380. The zero-order valence-electron chi connectivity index (χ0n) is 54.8. The van der Waals surface area contributed by atoms with E-state index in [4.69, 9.17) is 23.7 Å². The van der Waals surface area contributed by atoms with Gasteiger partial charge in [0, 0.05) is 105 Å². The van der Waals surface area contributed by atoms with Crippen LogP contribution in [0.1, 0.15) is 134 Å². The first-order valence-electron chi connectivity index (χ1n) is 30.3. The van der Waals surface area contributed by atoms with Gasteiger partial charge in [-0.3, -0.25) is 38.4 Å². The molecular formula is C71H80N8O13. The van der Waals surface area contributed by atoms with Crippen molar-refractivity contribution < 1.29 is 62.0 Å². The number of esters is 4. The number of nitrogens with one attached hydrogen (secondary N) is 6. The van der Waals surface area contributed by atoms with Crippen molar-refractivity contribution in [1.82, 2.24) is 30.6 Å². The standard InChI is InChI=1S/C71H80N8O13/c1-17-43-39(8)68(84)78-55(43)30-51-37(6)47(21-25-64(82)91-15)59(74-51)32-57-45(19-23-62(80)89-13)35(4)49(72-57)28-53-41(10)66(70(86)76-53)34(3)27-61(88-12)67-42(11)54(77-71(67)87)29-50-36(5)46(20-24-63(81)90-14)58(73-50)33-60-48(22-26-65(83)92-16)38(7)52(75-60)31-56-44(18-2)40(9)69(85)79-56/h17-18,28-34,61,72-75H,1-2,19-27H2,3-16H3,(H,78,84)(H,79,85)/b49-28-,50-29+,55-30-,56-31-,57-32-,58-33-/t34-,61+/m0/s1. The monoisotopic (exact) mass is 1250 g/mol. The van der Waals surface area contributed by atoms with Crippen LogP contribution in [-0.4, -0.2) is 121 Å². The molecule has 2 atom stereocenters. The summed E-state index contributed by atoms with van der Waals surface area (Å²) >= 11 is 0. The summed E-state index contributed by atoms with van der Waals surface area (Å²) in [6, 6.07) is 0. The maximum absolute atomic E-state index is 14.1. The third kappa shape index (κ3) is 14.1. The molecule has 0 spiro atoms. The van der Waals surface area contributed by atoms with Gasteiger partial charge >= 0.3 is 23.9 Å². The van der Waals surface area contributed by atoms with Crippen LogP contribution in [0.4, 0.5) is 0 Å². The largest absolute Gasteiger partial charge is 0.469 e. The van der Waals surface area contributed by atoms with Crippen LogP contribution < -0.4 is 32.0 Å². The van der Waals surface area contributed by atoms with Crippen LogP contribution in [0.15, 0.2) is 91.3 Å². The van der Waals surface area contributed by atoms with E-state index in [-0.39, 0.29) is 55.9 Å². The van der Waals surface area contributed by atoms with Crippen LogP contribution >= 0.6 is 0 Å². The number of aliphatic imine (C=N–C) groups is 2. The zero-order chi connectivity index (χ0) is 67.2. The molecule has 0 bridgehead atoms. The number of ether oxygens (including phenoxy) is 5. The van der Waals surface area contributed by atoms with Gasteiger partial charge in [0.25, 0.3) is 23.6 Å². The summed E-state index contributed by atoms with van der Waals surface area (Å²) in [6.45, 7) is 24.5. The minimum Gasteiger partial charge on any atom is -0.469 e. The van der Waals surface area contributed by atoms with Gasteiger partial charge in [-0.15, -0.1) is 0 Å². The molecule has 0 aliphatic carbocycles. The first-order valence-corrected chi connectivity index (χ1v) is 30.3. The highest BCUT2D eigenvalue weighted by Crippen LogP contribution is 2.34. The number of hydrogen-bond donors (Lipinski definition) is 6. The number of aromatic nitrogens is 4. The quantitative estimate of drug-likeness (QED) is 0.0321. The summed E-state index contributed by atoms with van der Waals surface area (Å²) in [4.78, 5) is 127. The third-order valence-corrected chi connectivity index (χ3v) is 17.9. The predicted molar refractivity (Wildman–Crippen MR) is 351 cm³/mol. The molecule has 92 heavy (non-hydrogen) atoms. The molecular weight excluding hydrogens is 1170 g/mol. The molecule has 0 saturated heterocycles. The second-order valence-corrected chi connectivity index (χ2v) is 23.2. The molecule has 6 N–H and O–H groups in total. The van der Waals surface area contributed by atoms with E-state index in [9.17, 15) is 38.4 Å². The highest BCUT2D eigenvalue weighted by Gasteiger charge is 2.35. The zero-order valence-corrected chi connectivity index (χ0v) is 54.8. The van der Waals surface area contributed by atoms with E-state index in [0.29, 0.717) is 137 Å². The van der Waals surface area contributed by atoms with Crippen molar-refractivity contribution in [1.29, 1.82) is 0 Å². The van der Waals surface area contributed by atoms with Crippen molar-refractivity contribution in [3.8, 4) is 0 Å². The van der Waals surface area contributed by atoms with Gasteiger partial charge in [0.1, 0.15) is 0 Å². The fourth-order valence-electron chi connectivity index (χ4n) is 12.3. The Labute approximate surface area is 533 Å². The number of aromatic amines is 4. The van der Waals surface area contributed by atoms with Crippen LogP contribution in [-0.2, 0) is 87.7 Å². The van der Waals surface area contributed by atoms with Gasteiger partial charge in [0.05, 0.1) is 62.9 Å². The smallest absolute Gasteiger partial charge is 0.305 e. The Morgan fingerprint density at radius 3 is 1.16 bits per heavy atom. The lowest BCUT2D eigenvalue weighted by atomic mass is 9.87. The molecule has 4 aromatic rings. The number of methoxy groups -OCH3 is 5. The summed E-state index contributed by atoms with van der Waals surface area (Å²) in [5, 5.41) is 8.42. The Kier molecular flexibility index (Phi) is 21.3. The minimum atomic E-state index is -0.783. The summed E-state index contributed by atoms with van der Waals surface area (Å²) < 4.78 is 26.1. The van der Waals surface area contributed by atoms with Gasteiger partial charge in [-0.05, 0) is 186 Å². The summed E-state index contributed by atoms with van der Waals surface area (Å²) in [5.41, 5.74) is 15.8. The van der Waals surface area contributed by atoms with Crippen molar-refractivity contribution in [2.24, 2.45) is 15.9 Å². The van der Waals surface area contributed by atoms with E-state index in [1.54, 1.807) is 39.0 Å². The first kappa shape index (κ1) is 67.9. The van der Waals surface area contributed by atoms with E-state index in [1.165, 1.54) is 35.5 Å². The molecule has 0 radical (unpaired) electrons.